The molecule has 11 nitrogen and oxygen atoms in total. The number of para-hydroxylation sites is 2. The predicted molar refractivity (Wildman–Crippen MR) is 133 cm³/mol. The third-order valence-corrected chi connectivity index (χ3v) is 5.82. The molecule has 1 aliphatic heterocycles. The highest BCUT2D eigenvalue weighted by Crippen LogP contribution is 2.28. The minimum Gasteiger partial charge on any atom is -0.495 e. The van der Waals surface area contributed by atoms with Crippen LogP contribution in [-0.4, -0.2) is 91.3 Å². The van der Waals surface area contributed by atoms with E-state index in [2.05, 4.69) is 15.5 Å². The Morgan fingerprint density at radius 2 is 1.86 bits per heavy atom. The number of hydrogen-bond donors (Lipinski definition) is 6. The number of nitrogens with two attached hydrogens (primary N) is 1. The Morgan fingerprint density at radius 3 is 2.51 bits per heavy atom. The quantitative estimate of drug-likeness (QED) is 0.195. The van der Waals surface area contributed by atoms with E-state index < -0.39 is 24.7 Å². The molecule has 1 aliphatic rings. The van der Waals surface area contributed by atoms with Gasteiger partial charge in [-0.05, 0) is 24.3 Å². The highest BCUT2D eigenvalue weighted by Gasteiger charge is 2.28. The van der Waals surface area contributed by atoms with Crippen LogP contribution >= 0.6 is 0 Å². The van der Waals surface area contributed by atoms with Crippen molar-refractivity contribution >= 4 is 29.0 Å². The van der Waals surface area contributed by atoms with Crippen LogP contribution < -0.4 is 26.0 Å². The van der Waals surface area contributed by atoms with Gasteiger partial charge in [0.15, 0.2) is 0 Å². The summed E-state index contributed by atoms with van der Waals surface area (Å²) < 4.78 is 5.42. The summed E-state index contributed by atoms with van der Waals surface area (Å²) in [4.78, 5) is 29.3. The van der Waals surface area contributed by atoms with Gasteiger partial charge < -0.3 is 41.1 Å². The van der Waals surface area contributed by atoms with Crippen molar-refractivity contribution in [2.45, 2.75) is 12.1 Å². The average Bonchev–Trinajstić information content (AvgIpc) is 2.89. The van der Waals surface area contributed by atoms with Crippen molar-refractivity contribution < 1.29 is 24.5 Å². The van der Waals surface area contributed by atoms with Crippen LogP contribution in [0, 0.1) is 5.41 Å². The topological polar surface area (TPSA) is 164 Å². The Balaban J connectivity index is 1.55. The molecule has 2 unspecified atom stereocenters. The molecule has 11 heteroatoms. The number of nitrogens with one attached hydrogen (secondary N) is 3. The Labute approximate surface area is 204 Å². The standard InChI is InChI=1S/C24H32N6O5/c1-35-20-8-3-2-7-18(20)29-9-11-30(12-10-29)21(33)14-27-24(34)22(19(32)15-31)28-17-6-4-5-16(13-17)23(25)26/h2-8,13,19,22,28,31-32H,9-12,14-15H2,1H3,(H3,25,26)(H,27,34). The zero-order chi connectivity index (χ0) is 25.4. The summed E-state index contributed by atoms with van der Waals surface area (Å²) >= 11 is 0. The number of hydrogen-bond acceptors (Lipinski definition) is 8. The van der Waals surface area contributed by atoms with Crippen LogP contribution in [0.1, 0.15) is 5.56 Å². The highest BCUT2D eigenvalue weighted by atomic mass is 16.5. The molecule has 1 heterocycles. The maximum atomic E-state index is 12.8. The second-order valence-electron chi connectivity index (χ2n) is 8.12. The monoisotopic (exact) mass is 484 g/mol. The fourth-order valence-corrected chi connectivity index (χ4v) is 3.87. The first kappa shape index (κ1) is 25.8. The van der Waals surface area contributed by atoms with Crippen molar-refractivity contribution in [3.05, 3.63) is 54.1 Å². The number of anilines is 2. The maximum Gasteiger partial charge on any atom is 0.245 e. The summed E-state index contributed by atoms with van der Waals surface area (Å²) in [7, 11) is 1.62. The smallest absolute Gasteiger partial charge is 0.245 e. The van der Waals surface area contributed by atoms with Crippen molar-refractivity contribution in [3.63, 3.8) is 0 Å². The number of piperazine rings is 1. The normalized spacial score (nSPS) is 15.2. The van der Waals surface area contributed by atoms with Gasteiger partial charge in [0.05, 0.1) is 25.9 Å². The average molecular weight is 485 g/mol. The molecule has 0 saturated carbocycles. The number of aliphatic hydroxyl groups is 2. The van der Waals surface area contributed by atoms with Crippen LogP contribution in [-0.2, 0) is 9.59 Å². The highest BCUT2D eigenvalue weighted by molar-refractivity contribution is 5.96. The summed E-state index contributed by atoms with van der Waals surface area (Å²) in [6, 6.07) is 13.0. The lowest BCUT2D eigenvalue weighted by atomic mass is 10.1. The molecule has 0 aromatic heterocycles. The minimum atomic E-state index is -1.41. The summed E-state index contributed by atoms with van der Waals surface area (Å²) in [6.07, 6.45) is -1.41. The first-order chi connectivity index (χ1) is 16.8. The van der Waals surface area contributed by atoms with Gasteiger partial charge in [0.25, 0.3) is 0 Å². The molecule has 3 rings (SSSR count). The van der Waals surface area contributed by atoms with Crippen LogP contribution in [0.5, 0.6) is 5.75 Å². The van der Waals surface area contributed by atoms with E-state index in [1.807, 2.05) is 24.3 Å². The van der Waals surface area contributed by atoms with Crippen LogP contribution in [0.15, 0.2) is 48.5 Å². The number of carbonyl (C=O) groups excluding carboxylic acids is 2. The third kappa shape index (κ3) is 6.61. The van der Waals surface area contributed by atoms with Gasteiger partial charge in [0.2, 0.25) is 11.8 Å². The fourth-order valence-electron chi connectivity index (χ4n) is 3.87. The van der Waals surface area contributed by atoms with Gasteiger partial charge in [-0.2, -0.15) is 0 Å². The van der Waals surface area contributed by atoms with Crippen molar-refractivity contribution in [3.8, 4) is 5.75 Å². The molecule has 7 N–H and O–H groups in total. The van der Waals surface area contributed by atoms with Crippen LogP contribution in [0.4, 0.5) is 11.4 Å². The Kier molecular flexibility index (Phi) is 8.87. The van der Waals surface area contributed by atoms with E-state index in [9.17, 15) is 19.8 Å². The number of amidine groups is 1. The molecule has 0 bridgehead atoms. The van der Waals surface area contributed by atoms with E-state index in [1.54, 1.807) is 36.3 Å². The number of nitrogen functional groups attached to an aromatic ring is 1. The molecule has 2 aromatic carbocycles. The van der Waals surface area contributed by atoms with Gasteiger partial charge in [0, 0.05) is 37.4 Å². The summed E-state index contributed by atoms with van der Waals surface area (Å²) in [5, 5.41) is 32.5. The molecule has 2 atom stereocenters. The molecular formula is C24H32N6O5. The van der Waals surface area contributed by atoms with Crippen molar-refractivity contribution in [1.82, 2.24) is 10.2 Å². The van der Waals surface area contributed by atoms with E-state index in [4.69, 9.17) is 15.9 Å². The molecule has 1 fully saturated rings. The number of carbonyl (C=O) groups is 2. The van der Waals surface area contributed by atoms with Crippen LogP contribution in [0.25, 0.3) is 0 Å². The second kappa shape index (κ2) is 12.0. The first-order valence-electron chi connectivity index (χ1n) is 11.3. The second-order valence-corrected chi connectivity index (χ2v) is 8.12. The zero-order valence-corrected chi connectivity index (χ0v) is 19.6. The SMILES string of the molecule is COc1ccccc1N1CCN(C(=O)CNC(=O)C(Nc2cccc(C(=N)N)c2)C(O)CO)CC1. The summed E-state index contributed by atoms with van der Waals surface area (Å²) in [5.41, 5.74) is 7.35. The molecule has 0 aliphatic carbocycles. The Bertz CT molecular complexity index is 1040. The number of nitrogens with zero attached hydrogens (tertiary/aromatic N) is 2. The lowest BCUT2D eigenvalue weighted by molar-refractivity contribution is -0.134. The van der Waals surface area contributed by atoms with E-state index in [0.717, 1.165) is 11.4 Å². The van der Waals surface area contributed by atoms with E-state index in [0.29, 0.717) is 37.4 Å². The van der Waals surface area contributed by atoms with Crippen LogP contribution in [0.2, 0.25) is 0 Å². The number of methoxy groups -OCH3 is 1. The van der Waals surface area contributed by atoms with E-state index in [1.165, 1.54) is 0 Å². The molecule has 1 saturated heterocycles. The number of benzene rings is 2. The maximum absolute atomic E-state index is 12.8. The molecule has 2 amide bonds. The molecule has 35 heavy (non-hydrogen) atoms. The molecule has 2 aromatic rings. The lowest BCUT2D eigenvalue weighted by Gasteiger charge is -2.36. The fraction of sp³-hybridized carbons (Fsp3) is 0.375. The van der Waals surface area contributed by atoms with Gasteiger partial charge in [-0.1, -0.05) is 24.3 Å². The molecule has 0 spiro atoms. The van der Waals surface area contributed by atoms with Crippen molar-refractivity contribution in [1.29, 1.82) is 5.41 Å². The van der Waals surface area contributed by atoms with Gasteiger partial charge in [-0.25, -0.2) is 0 Å². The summed E-state index contributed by atoms with van der Waals surface area (Å²) in [5.74, 6) is -0.252. The molecule has 188 valence electrons. The van der Waals surface area contributed by atoms with Gasteiger partial charge in [0.1, 0.15) is 23.7 Å². The Morgan fingerprint density at radius 1 is 1.14 bits per heavy atom. The number of ether oxygens (including phenoxy) is 1. The minimum absolute atomic E-state index is 0.145. The van der Waals surface area contributed by atoms with Crippen molar-refractivity contribution in [2.75, 3.05) is 56.7 Å². The summed E-state index contributed by atoms with van der Waals surface area (Å²) in [6.45, 7) is 1.34. The van der Waals surface area contributed by atoms with Crippen molar-refractivity contribution in [2.24, 2.45) is 5.73 Å². The predicted octanol–water partition coefficient (Wildman–Crippen LogP) is -0.422. The lowest BCUT2D eigenvalue weighted by Crippen LogP contribution is -2.54. The Hall–Kier alpha value is -3.83. The zero-order valence-electron chi connectivity index (χ0n) is 19.6. The van der Waals surface area contributed by atoms with E-state index in [-0.39, 0.29) is 18.3 Å². The molecular weight excluding hydrogens is 452 g/mol. The number of aliphatic hydroxyl groups excluding tert-OH is 2. The van der Waals surface area contributed by atoms with Gasteiger partial charge >= 0.3 is 0 Å². The number of rotatable bonds is 10. The van der Waals surface area contributed by atoms with Crippen LogP contribution in [0.3, 0.4) is 0 Å². The van der Waals surface area contributed by atoms with E-state index >= 15 is 0 Å². The third-order valence-electron chi connectivity index (χ3n) is 5.82. The number of amides is 2. The largest absolute Gasteiger partial charge is 0.495 e. The van der Waals surface area contributed by atoms with Gasteiger partial charge in [-0.15, -0.1) is 0 Å². The molecule has 0 radical (unpaired) electrons. The van der Waals surface area contributed by atoms with Gasteiger partial charge in [-0.3, -0.25) is 15.0 Å². The first-order valence-corrected chi connectivity index (χ1v) is 11.3.